The predicted octanol–water partition coefficient (Wildman–Crippen LogP) is 6.79. The normalized spacial score (nSPS) is 21.9. The van der Waals surface area contributed by atoms with Gasteiger partial charge in [-0.1, -0.05) is 92.1 Å². The van der Waals surface area contributed by atoms with Gasteiger partial charge in [0.2, 0.25) is 5.91 Å². The van der Waals surface area contributed by atoms with Crippen molar-refractivity contribution < 1.29 is 14.7 Å². The second-order valence-corrected chi connectivity index (χ2v) is 11.7. The number of carbonyl (C=O) groups is 2. The van der Waals surface area contributed by atoms with Crippen molar-refractivity contribution in [2.24, 2.45) is 17.8 Å². The Hall–Kier alpha value is -3.18. The maximum Gasteiger partial charge on any atom is 0.307 e. The van der Waals surface area contributed by atoms with E-state index in [1.165, 1.54) is 28.3 Å². The highest BCUT2D eigenvalue weighted by atomic mass is 16.4. The van der Waals surface area contributed by atoms with E-state index >= 15 is 0 Å². The number of fused-ring (bicyclic) bond motifs is 1. The molecule has 5 heteroatoms. The standard InChI is InChI=1S/C34H42N2O3/c1-24(29-18-10-16-26-15-8-9-17-31(26)29)35-22-28-23-36(20-19-30(28)25-11-4-2-5-12-25)33(37)21-32(34(38)39)27-13-6-3-7-14-27/h2,4-5,8-12,15-18,24,27-28,30,32,35H,3,6-7,13-14,19-23H2,1H3,(H,38,39)/t24-,28?,30?,32-/m1/s1. The summed E-state index contributed by atoms with van der Waals surface area (Å²) in [6.45, 7) is 4.35. The van der Waals surface area contributed by atoms with Crippen molar-refractivity contribution in [3.05, 3.63) is 83.9 Å². The Bertz CT molecular complexity index is 1250. The van der Waals surface area contributed by atoms with Gasteiger partial charge in [-0.3, -0.25) is 9.59 Å². The molecule has 1 saturated carbocycles. The van der Waals surface area contributed by atoms with Gasteiger partial charge in [-0.05, 0) is 65.8 Å². The van der Waals surface area contributed by atoms with Crippen molar-refractivity contribution in [1.29, 1.82) is 0 Å². The summed E-state index contributed by atoms with van der Waals surface area (Å²) < 4.78 is 0. The van der Waals surface area contributed by atoms with Gasteiger partial charge in [0.1, 0.15) is 0 Å². The van der Waals surface area contributed by atoms with E-state index < -0.39 is 11.9 Å². The fourth-order valence-corrected chi connectivity index (χ4v) is 6.98. The number of rotatable bonds is 9. The molecule has 0 bridgehead atoms. The highest BCUT2D eigenvalue weighted by Gasteiger charge is 2.36. The number of nitrogens with one attached hydrogen (secondary N) is 1. The van der Waals surface area contributed by atoms with Gasteiger partial charge in [0, 0.05) is 32.1 Å². The van der Waals surface area contributed by atoms with Crippen LogP contribution in [0, 0.1) is 17.8 Å². The number of amides is 1. The third-order valence-corrected chi connectivity index (χ3v) is 9.22. The van der Waals surface area contributed by atoms with E-state index in [0.29, 0.717) is 19.0 Å². The number of carboxylic acids is 1. The van der Waals surface area contributed by atoms with Crippen LogP contribution in [0.3, 0.4) is 0 Å². The number of aliphatic carboxylic acids is 1. The fraction of sp³-hybridized carbons (Fsp3) is 0.471. The molecule has 5 rings (SSSR count). The first kappa shape index (κ1) is 27.4. The fourth-order valence-electron chi connectivity index (χ4n) is 6.98. The first-order chi connectivity index (χ1) is 19.0. The van der Waals surface area contributed by atoms with Crippen LogP contribution in [-0.4, -0.2) is 41.5 Å². The molecule has 1 aliphatic carbocycles. The zero-order chi connectivity index (χ0) is 27.2. The number of hydrogen-bond acceptors (Lipinski definition) is 3. The highest BCUT2D eigenvalue weighted by Crippen LogP contribution is 2.36. The zero-order valence-corrected chi connectivity index (χ0v) is 23.1. The molecule has 0 spiro atoms. The van der Waals surface area contributed by atoms with Crippen LogP contribution in [0.2, 0.25) is 0 Å². The number of piperidine rings is 1. The SMILES string of the molecule is C[C@@H](NCC1CN(C(=O)C[C@@H](C(=O)O)C2CCCCC2)CCC1c1ccccc1)c1cccc2ccccc12. The first-order valence-corrected chi connectivity index (χ1v) is 14.8. The van der Waals surface area contributed by atoms with Crippen LogP contribution in [0.5, 0.6) is 0 Å². The van der Waals surface area contributed by atoms with Crippen molar-refractivity contribution in [3.63, 3.8) is 0 Å². The quantitative estimate of drug-likeness (QED) is 0.322. The molecule has 1 heterocycles. The lowest BCUT2D eigenvalue weighted by atomic mass is 9.77. The van der Waals surface area contributed by atoms with Gasteiger partial charge in [-0.25, -0.2) is 0 Å². The van der Waals surface area contributed by atoms with E-state index in [1.54, 1.807) is 0 Å². The van der Waals surface area contributed by atoms with E-state index in [-0.39, 0.29) is 30.2 Å². The molecule has 3 aromatic rings. The van der Waals surface area contributed by atoms with Crippen molar-refractivity contribution in [2.75, 3.05) is 19.6 Å². The molecule has 3 aromatic carbocycles. The summed E-state index contributed by atoms with van der Waals surface area (Å²) in [4.78, 5) is 27.6. The molecule has 5 nitrogen and oxygen atoms in total. The summed E-state index contributed by atoms with van der Waals surface area (Å²) in [7, 11) is 0. The molecule has 206 valence electrons. The van der Waals surface area contributed by atoms with Crippen LogP contribution in [-0.2, 0) is 9.59 Å². The molecule has 1 amide bonds. The summed E-state index contributed by atoms with van der Waals surface area (Å²) in [6, 6.07) is 25.8. The van der Waals surface area contributed by atoms with Crippen LogP contribution in [0.1, 0.15) is 75.0 Å². The molecule has 1 saturated heterocycles. The van der Waals surface area contributed by atoms with Crippen molar-refractivity contribution in [2.45, 2.75) is 63.8 Å². The molecule has 39 heavy (non-hydrogen) atoms. The van der Waals surface area contributed by atoms with Gasteiger partial charge in [0.05, 0.1) is 5.92 Å². The maximum absolute atomic E-state index is 13.5. The van der Waals surface area contributed by atoms with Gasteiger partial charge in [-0.15, -0.1) is 0 Å². The van der Waals surface area contributed by atoms with Crippen LogP contribution >= 0.6 is 0 Å². The van der Waals surface area contributed by atoms with Crippen molar-refractivity contribution in [1.82, 2.24) is 10.2 Å². The summed E-state index contributed by atoms with van der Waals surface area (Å²) in [6.07, 6.45) is 6.21. The molecular formula is C34H42N2O3. The van der Waals surface area contributed by atoms with Crippen molar-refractivity contribution in [3.8, 4) is 0 Å². The summed E-state index contributed by atoms with van der Waals surface area (Å²) >= 11 is 0. The van der Waals surface area contributed by atoms with Crippen LogP contribution in [0.15, 0.2) is 72.8 Å². The van der Waals surface area contributed by atoms with E-state index in [9.17, 15) is 14.7 Å². The van der Waals surface area contributed by atoms with Gasteiger partial charge in [0.15, 0.2) is 0 Å². The average molecular weight is 527 g/mol. The second-order valence-electron chi connectivity index (χ2n) is 11.7. The maximum atomic E-state index is 13.5. The highest BCUT2D eigenvalue weighted by molar-refractivity contribution is 5.86. The Labute approximate surface area is 232 Å². The number of carboxylic acid groups (broad SMARTS) is 1. The zero-order valence-electron chi connectivity index (χ0n) is 23.1. The van der Waals surface area contributed by atoms with Crippen LogP contribution in [0.4, 0.5) is 0 Å². The number of carbonyl (C=O) groups excluding carboxylic acids is 1. The second kappa shape index (κ2) is 12.8. The monoisotopic (exact) mass is 526 g/mol. The number of likely N-dealkylation sites (tertiary alicyclic amines) is 1. The molecule has 2 aliphatic rings. The van der Waals surface area contributed by atoms with E-state index in [0.717, 1.165) is 38.6 Å². The lowest BCUT2D eigenvalue weighted by Crippen LogP contribution is -2.47. The first-order valence-electron chi connectivity index (χ1n) is 14.8. The van der Waals surface area contributed by atoms with Crippen LogP contribution < -0.4 is 5.32 Å². The molecule has 4 atom stereocenters. The topological polar surface area (TPSA) is 69.6 Å². The summed E-state index contributed by atoms with van der Waals surface area (Å²) in [5.74, 6) is -0.631. The third-order valence-electron chi connectivity index (χ3n) is 9.22. The Morgan fingerprint density at radius 1 is 0.923 bits per heavy atom. The molecular weight excluding hydrogens is 484 g/mol. The lowest BCUT2D eigenvalue weighted by molar-refractivity contribution is -0.149. The van der Waals surface area contributed by atoms with Gasteiger partial charge in [-0.2, -0.15) is 0 Å². The summed E-state index contributed by atoms with van der Waals surface area (Å²) in [5, 5.41) is 16.3. The minimum atomic E-state index is -0.809. The Kier molecular flexibility index (Phi) is 8.98. The Morgan fingerprint density at radius 3 is 2.41 bits per heavy atom. The smallest absolute Gasteiger partial charge is 0.307 e. The number of benzene rings is 3. The summed E-state index contributed by atoms with van der Waals surface area (Å²) in [5.41, 5.74) is 2.60. The van der Waals surface area contributed by atoms with Gasteiger partial charge < -0.3 is 15.3 Å². The molecule has 0 radical (unpaired) electrons. The predicted molar refractivity (Wildman–Crippen MR) is 157 cm³/mol. The van der Waals surface area contributed by atoms with Gasteiger partial charge in [0.25, 0.3) is 0 Å². The molecule has 2 N–H and O–H groups in total. The molecule has 2 unspecified atom stereocenters. The largest absolute Gasteiger partial charge is 0.481 e. The van der Waals surface area contributed by atoms with E-state index in [1.807, 2.05) is 4.90 Å². The van der Waals surface area contributed by atoms with Gasteiger partial charge >= 0.3 is 5.97 Å². The lowest BCUT2D eigenvalue weighted by Gasteiger charge is -2.40. The minimum Gasteiger partial charge on any atom is -0.481 e. The molecule has 2 fully saturated rings. The van der Waals surface area contributed by atoms with E-state index in [4.69, 9.17) is 0 Å². The van der Waals surface area contributed by atoms with Crippen molar-refractivity contribution >= 4 is 22.6 Å². The third kappa shape index (κ3) is 6.52. The van der Waals surface area contributed by atoms with E-state index in [2.05, 4.69) is 85.0 Å². The Morgan fingerprint density at radius 2 is 1.64 bits per heavy atom. The number of nitrogens with zero attached hydrogens (tertiary/aromatic N) is 1. The molecule has 1 aliphatic heterocycles. The van der Waals surface area contributed by atoms with Crippen LogP contribution in [0.25, 0.3) is 10.8 Å². The number of hydrogen-bond donors (Lipinski definition) is 2. The average Bonchev–Trinajstić information content (AvgIpc) is 2.98. The minimum absolute atomic E-state index is 0.00610. The molecule has 0 aromatic heterocycles. The Balaban J connectivity index is 1.30.